The van der Waals surface area contributed by atoms with E-state index in [1.54, 1.807) is 6.07 Å². The van der Waals surface area contributed by atoms with Gasteiger partial charge < -0.3 is 4.42 Å². The van der Waals surface area contributed by atoms with Crippen molar-refractivity contribution in [2.45, 2.75) is 0 Å². The highest BCUT2D eigenvalue weighted by Crippen LogP contribution is 2.31. The van der Waals surface area contributed by atoms with Crippen LogP contribution in [0.15, 0.2) is 51.4 Å². The summed E-state index contributed by atoms with van der Waals surface area (Å²) in [6.45, 7) is 0. The lowest BCUT2D eigenvalue weighted by Gasteiger charge is -1.92. The summed E-state index contributed by atoms with van der Waals surface area (Å²) in [4.78, 5) is 4.42. The molecule has 0 fully saturated rings. The van der Waals surface area contributed by atoms with Gasteiger partial charge in [0.15, 0.2) is 5.58 Å². The smallest absolute Gasteiger partial charge is 0.227 e. The Labute approximate surface area is 111 Å². The zero-order valence-corrected chi connectivity index (χ0v) is 11.0. The Morgan fingerprint density at radius 1 is 1.12 bits per heavy atom. The van der Waals surface area contributed by atoms with Gasteiger partial charge in [0.1, 0.15) is 5.52 Å². The Balaban J connectivity index is 2.24. The first-order valence-corrected chi connectivity index (χ1v) is 6.22. The van der Waals surface area contributed by atoms with Crippen LogP contribution in [0.4, 0.5) is 0 Å². The third-order valence-electron chi connectivity index (χ3n) is 2.43. The van der Waals surface area contributed by atoms with Crippen molar-refractivity contribution < 1.29 is 4.42 Å². The fourth-order valence-corrected chi connectivity index (χ4v) is 2.49. The highest BCUT2D eigenvalue weighted by atomic mass is 79.9. The first kappa shape index (κ1) is 10.8. The van der Waals surface area contributed by atoms with Crippen LogP contribution < -0.4 is 0 Å². The van der Waals surface area contributed by atoms with Crippen molar-refractivity contribution >= 4 is 38.6 Å². The standard InChI is InChI=1S/C13H7BrClNO/c14-9-6-10(15)12-11(7-9)16-13(17-12)8-4-2-1-3-5-8/h1-7H. The van der Waals surface area contributed by atoms with Crippen LogP contribution >= 0.6 is 27.5 Å². The van der Waals surface area contributed by atoms with Crippen LogP contribution in [0.2, 0.25) is 5.02 Å². The van der Waals surface area contributed by atoms with E-state index in [2.05, 4.69) is 20.9 Å². The molecule has 0 unspecified atom stereocenters. The zero-order chi connectivity index (χ0) is 11.8. The predicted octanol–water partition coefficient (Wildman–Crippen LogP) is 4.91. The Morgan fingerprint density at radius 2 is 1.88 bits per heavy atom. The SMILES string of the molecule is Clc1cc(Br)cc2nc(-c3ccccc3)oc12. The molecule has 0 aliphatic rings. The number of benzene rings is 2. The monoisotopic (exact) mass is 307 g/mol. The van der Waals surface area contributed by atoms with Crippen LogP contribution in [0.1, 0.15) is 0 Å². The van der Waals surface area contributed by atoms with Crippen molar-refractivity contribution in [1.82, 2.24) is 4.98 Å². The lowest BCUT2D eigenvalue weighted by molar-refractivity contribution is 0.620. The molecule has 0 amide bonds. The van der Waals surface area contributed by atoms with Crippen LogP contribution in [0.25, 0.3) is 22.6 Å². The number of aromatic nitrogens is 1. The molecular weight excluding hydrogens is 302 g/mol. The normalized spacial score (nSPS) is 10.9. The molecule has 2 nitrogen and oxygen atoms in total. The molecule has 0 spiro atoms. The molecule has 0 saturated heterocycles. The maximum Gasteiger partial charge on any atom is 0.227 e. The summed E-state index contributed by atoms with van der Waals surface area (Å²) >= 11 is 9.48. The summed E-state index contributed by atoms with van der Waals surface area (Å²) in [5.74, 6) is 0.584. The first-order chi connectivity index (χ1) is 8.24. The topological polar surface area (TPSA) is 26.0 Å². The predicted molar refractivity (Wildman–Crippen MR) is 72.2 cm³/mol. The van der Waals surface area contributed by atoms with Gasteiger partial charge in [-0.3, -0.25) is 0 Å². The molecule has 84 valence electrons. The van der Waals surface area contributed by atoms with Crippen molar-refractivity contribution in [2.24, 2.45) is 0 Å². The molecule has 1 heterocycles. The van der Waals surface area contributed by atoms with Crippen LogP contribution in [0.5, 0.6) is 0 Å². The number of nitrogens with zero attached hydrogens (tertiary/aromatic N) is 1. The van der Waals surface area contributed by atoms with E-state index in [0.717, 1.165) is 15.6 Å². The van der Waals surface area contributed by atoms with Crippen molar-refractivity contribution in [1.29, 1.82) is 0 Å². The van der Waals surface area contributed by atoms with Crippen LogP contribution in [0, 0.1) is 0 Å². The molecule has 0 atom stereocenters. The van der Waals surface area contributed by atoms with Gasteiger partial charge in [-0.05, 0) is 24.3 Å². The maximum absolute atomic E-state index is 6.10. The van der Waals surface area contributed by atoms with Crippen molar-refractivity contribution in [3.63, 3.8) is 0 Å². The molecule has 3 rings (SSSR count). The Kier molecular flexibility index (Phi) is 2.65. The molecule has 0 radical (unpaired) electrons. The summed E-state index contributed by atoms with van der Waals surface area (Å²) in [6.07, 6.45) is 0. The number of hydrogen-bond acceptors (Lipinski definition) is 2. The second kappa shape index (κ2) is 4.17. The molecule has 0 aliphatic heterocycles. The van der Waals surface area contributed by atoms with Gasteiger partial charge in [0.2, 0.25) is 5.89 Å². The molecule has 0 saturated carbocycles. The number of halogens is 2. The van der Waals surface area contributed by atoms with E-state index in [1.807, 2.05) is 36.4 Å². The molecular formula is C13H7BrClNO. The summed E-state index contributed by atoms with van der Waals surface area (Å²) in [5.41, 5.74) is 2.31. The summed E-state index contributed by atoms with van der Waals surface area (Å²) in [5, 5.41) is 0.559. The quantitative estimate of drug-likeness (QED) is 0.638. The largest absolute Gasteiger partial charge is 0.435 e. The van der Waals surface area contributed by atoms with E-state index in [1.165, 1.54) is 0 Å². The average molecular weight is 309 g/mol. The van der Waals surface area contributed by atoms with E-state index in [0.29, 0.717) is 16.5 Å². The molecule has 1 aromatic heterocycles. The summed E-state index contributed by atoms with van der Waals surface area (Å²) in [6, 6.07) is 13.4. The fourth-order valence-electron chi connectivity index (χ4n) is 1.66. The number of oxazole rings is 1. The molecule has 3 aromatic rings. The van der Waals surface area contributed by atoms with Crippen molar-refractivity contribution in [3.8, 4) is 11.5 Å². The van der Waals surface area contributed by atoms with Crippen LogP contribution in [-0.2, 0) is 0 Å². The molecule has 0 aliphatic carbocycles. The molecule has 4 heteroatoms. The Hall–Kier alpha value is -1.32. The van der Waals surface area contributed by atoms with Crippen molar-refractivity contribution in [3.05, 3.63) is 52.0 Å². The van der Waals surface area contributed by atoms with Gasteiger partial charge >= 0.3 is 0 Å². The molecule has 2 aromatic carbocycles. The van der Waals surface area contributed by atoms with Gasteiger partial charge in [-0.2, -0.15) is 0 Å². The van der Waals surface area contributed by atoms with Crippen LogP contribution in [0.3, 0.4) is 0 Å². The van der Waals surface area contributed by atoms with E-state index < -0.39 is 0 Å². The van der Waals surface area contributed by atoms with E-state index in [4.69, 9.17) is 16.0 Å². The van der Waals surface area contributed by atoms with Gasteiger partial charge in [0, 0.05) is 10.0 Å². The van der Waals surface area contributed by atoms with E-state index in [9.17, 15) is 0 Å². The third-order valence-corrected chi connectivity index (χ3v) is 3.17. The van der Waals surface area contributed by atoms with Gasteiger partial charge in [-0.15, -0.1) is 0 Å². The minimum Gasteiger partial charge on any atom is -0.435 e. The molecule has 17 heavy (non-hydrogen) atoms. The summed E-state index contributed by atoms with van der Waals surface area (Å²) < 4.78 is 6.57. The van der Waals surface area contributed by atoms with Gasteiger partial charge in [-0.25, -0.2) is 4.98 Å². The highest BCUT2D eigenvalue weighted by molar-refractivity contribution is 9.10. The summed E-state index contributed by atoms with van der Waals surface area (Å²) in [7, 11) is 0. The van der Waals surface area contributed by atoms with Gasteiger partial charge in [-0.1, -0.05) is 45.7 Å². The second-order valence-corrected chi connectivity index (χ2v) is 4.94. The van der Waals surface area contributed by atoms with Gasteiger partial charge in [0.25, 0.3) is 0 Å². The minimum atomic E-state index is 0.559. The second-order valence-electron chi connectivity index (χ2n) is 3.62. The third kappa shape index (κ3) is 1.96. The zero-order valence-electron chi connectivity index (χ0n) is 8.65. The Morgan fingerprint density at radius 3 is 2.65 bits per heavy atom. The molecule has 0 bridgehead atoms. The minimum absolute atomic E-state index is 0.559. The lowest BCUT2D eigenvalue weighted by Crippen LogP contribution is -1.74. The fraction of sp³-hybridized carbons (Fsp3) is 0. The van der Waals surface area contributed by atoms with Crippen molar-refractivity contribution in [2.75, 3.05) is 0 Å². The lowest BCUT2D eigenvalue weighted by atomic mass is 10.2. The Bertz CT molecular complexity index is 678. The van der Waals surface area contributed by atoms with E-state index in [-0.39, 0.29) is 0 Å². The number of hydrogen-bond donors (Lipinski definition) is 0. The first-order valence-electron chi connectivity index (χ1n) is 5.05. The highest BCUT2D eigenvalue weighted by Gasteiger charge is 2.11. The van der Waals surface area contributed by atoms with Crippen LogP contribution in [-0.4, -0.2) is 4.98 Å². The molecule has 0 N–H and O–H groups in total. The maximum atomic E-state index is 6.10. The van der Waals surface area contributed by atoms with E-state index >= 15 is 0 Å². The average Bonchev–Trinajstić information content (AvgIpc) is 2.74. The number of fused-ring (bicyclic) bond motifs is 1. The number of rotatable bonds is 1. The van der Waals surface area contributed by atoms with Gasteiger partial charge in [0.05, 0.1) is 5.02 Å².